The highest BCUT2D eigenvalue weighted by molar-refractivity contribution is 7.88. The molecule has 0 radical (unpaired) electrons. The second-order valence-electron chi connectivity index (χ2n) is 9.93. The quantitative estimate of drug-likeness (QED) is 0.497. The van der Waals surface area contributed by atoms with Gasteiger partial charge in [-0.3, -0.25) is 9.48 Å². The molecule has 0 spiro atoms. The monoisotopic (exact) mass is 532 g/mol. The number of rotatable bonds is 7. The average Bonchev–Trinajstić information content (AvgIpc) is 3.53. The molecule has 2 fully saturated rings. The highest BCUT2D eigenvalue weighted by atomic mass is 32.2. The van der Waals surface area contributed by atoms with Crippen molar-refractivity contribution < 1.29 is 17.9 Å². The van der Waals surface area contributed by atoms with Gasteiger partial charge in [-0.05, 0) is 55.7 Å². The molecule has 12 heteroatoms. The minimum absolute atomic E-state index is 0.129. The Hall–Kier alpha value is -2.41. The second kappa shape index (κ2) is 10.5. The van der Waals surface area contributed by atoms with E-state index in [-0.39, 0.29) is 24.0 Å². The Morgan fingerprint density at radius 1 is 1.22 bits per heavy atom. The molecule has 5 rings (SSSR count). The molecule has 36 heavy (non-hydrogen) atoms. The van der Waals surface area contributed by atoms with Gasteiger partial charge in [0, 0.05) is 37.5 Å². The molecule has 10 nitrogen and oxygen atoms in total. The van der Waals surface area contributed by atoms with Gasteiger partial charge in [0.2, 0.25) is 15.0 Å². The zero-order chi connectivity index (χ0) is 25.3. The Bertz CT molecular complexity index is 1300. The maximum atomic E-state index is 12.8. The molecule has 1 aromatic carbocycles. The number of carbonyl (C=O) groups excluding carboxylic acids is 1. The molecule has 0 bridgehead atoms. The molecule has 0 unspecified atom stereocenters. The van der Waals surface area contributed by atoms with Gasteiger partial charge in [-0.25, -0.2) is 13.1 Å². The van der Waals surface area contributed by atoms with Crippen LogP contribution in [0.3, 0.4) is 0 Å². The predicted molar refractivity (Wildman–Crippen MR) is 137 cm³/mol. The maximum Gasteiger partial charge on any atom is 0.284 e. The van der Waals surface area contributed by atoms with E-state index in [9.17, 15) is 13.2 Å². The van der Waals surface area contributed by atoms with Gasteiger partial charge in [0.15, 0.2) is 0 Å². The van der Waals surface area contributed by atoms with Crippen molar-refractivity contribution in [3.8, 4) is 0 Å². The summed E-state index contributed by atoms with van der Waals surface area (Å²) in [4.78, 5) is 14.5. The number of hydrogen-bond donors (Lipinski definition) is 1. The van der Waals surface area contributed by atoms with Crippen molar-refractivity contribution in [2.45, 2.75) is 50.2 Å². The molecule has 2 aliphatic rings. The first-order chi connectivity index (χ1) is 17.3. The van der Waals surface area contributed by atoms with Crippen molar-refractivity contribution in [3.05, 3.63) is 40.5 Å². The normalized spacial score (nSPS) is 25.3. The third-order valence-corrected chi connectivity index (χ3v) is 8.80. The van der Waals surface area contributed by atoms with Crippen LogP contribution in [0.4, 0.5) is 0 Å². The Balaban J connectivity index is 1.18. The summed E-state index contributed by atoms with van der Waals surface area (Å²) in [5.41, 5.74) is 4.03. The van der Waals surface area contributed by atoms with Gasteiger partial charge in [-0.15, -0.1) is 10.2 Å². The van der Waals surface area contributed by atoms with Crippen LogP contribution in [0.5, 0.6) is 0 Å². The minimum Gasteiger partial charge on any atom is -0.378 e. The number of likely N-dealkylation sites (tertiary alicyclic amines) is 1. The first-order valence-electron chi connectivity index (χ1n) is 12.3. The fraction of sp³-hybridized carbons (Fsp3) is 0.583. The van der Waals surface area contributed by atoms with Gasteiger partial charge in [-0.1, -0.05) is 17.4 Å². The molecule has 194 valence electrons. The van der Waals surface area contributed by atoms with Crippen LogP contribution in [0.1, 0.15) is 53.4 Å². The van der Waals surface area contributed by atoms with Gasteiger partial charge >= 0.3 is 0 Å². The lowest BCUT2D eigenvalue weighted by atomic mass is 9.82. The van der Waals surface area contributed by atoms with E-state index in [0.29, 0.717) is 37.0 Å². The number of ether oxygens (including phenoxy) is 1. The SMILES string of the molecule is Cn1ncc2cc(C3CCC(OC[C@@H]4CN(C(=O)c5nncs5)CC[C@@H]4NS(C)(=O)=O)CC3)ccc21. The lowest BCUT2D eigenvalue weighted by molar-refractivity contribution is -0.0149. The Kier molecular flexibility index (Phi) is 7.38. The van der Waals surface area contributed by atoms with E-state index in [1.165, 1.54) is 34.1 Å². The van der Waals surface area contributed by atoms with Crippen LogP contribution in [0, 0.1) is 5.92 Å². The number of sulfonamides is 1. The predicted octanol–water partition coefficient (Wildman–Crippen LogP) is 2.55. The number of fused-ring (bicyclic) bond motifs is 1. The van der Waals surface area contributed by atoms with Gasteiger partial charge in [0.1, 0.15) is 5.51 Å². The Labute approximate surface area is 215 Å². The molecule has 3 heterocycles. The summed E-state index contributed by atoms with van der Waals surface area (Å²) in [5, 5.41) is 13.5. The molecular weight excluding hydrogens is 500 g/mol. The van der Waals surface area contributed by atoms with E-state index in [1.807, 2.05) is 17.9 Å². The average molecular weight is 533 g/mol. The number of aromatic nitrogens is 4. The van der Waals surface area contributed by atoms with Gasteiger partial charge in [0.25, 0.3) is 5.91 Å². The summed E-state index contributed by atoms with van der Waals surface area (Å²) in [6, 6.07) is 6.35. The molecule has 1 aliphatic carbocycles. The largest absolute Gasteiger partial charge is 0.378 e. The molecule has 2 aromatic heterocycles. The first kappa shape index (κ1) is 25.2. The lowest BCUT2D eigenvalue weighted by Crippen LogP contribution is -2.53. The van der Waals surface area contributed by atoms with Crippen molar-refractivity contribution in [3.63, 3.8) is 0 Å². The van der Waals surface area contributed by atoms with Gasteiger partial charge < -0.3 is 9.64 Å². The topological polar surface area (TPSA) is 119 Å². The van der Waals surface area contributed by atoms with E-state index in [4.69, 9.17) is 4.74 Å². The molecule has 1 aliphatic heterocycles. The van der Waals surface area contributed by atoms with Gasteiger partial charge in [-0.2, -0.15) is 5.10 Å². The second-order valence-corrected chi connectivity index (χ2v) is 12.5. The third kappa shape index (κ3) is 5.77. The van der Waals surface area contributed by atoms with E-state index in [1.54, 1.807) is 4.90 Å². The summed E-state index contributed by atoms with van der Waals surface area (Å²) >= 11 is 1.21. The molecule has 3 aromatic rings. The lowest BCUT2D eigenvalue weighted by Gasteiger charge is -2.39. The molecule has 2 atom stereocenters. The van der Waals surface area contributed by atoms with Gasteiger partial charge in [0.05, 0.1) is 30.7 Å². The number of carbonyl (C=O) groups is 1. The zero-order valence-corrected chi connectivity index (χ0v) is 22.2. The zero-order valence-electron chi connectivity index (χ0n) is 20.5. The van der Waals surface area contributed by atoms with Crippen LogP contribution in [0.25, 0.3) is 10.9 Å². The molecular formula is C24H32N6O4S2. The summed E-state index contributed by atoms with van der Waals surface area (Å²) in [7, 11) is -1.41. The highest BCUT2D eigenvalue weighted by Gasteiger charge is 2.35. The van der Waals surface area contributed by atoms with Crippen molar-refractivity contribution in [2.24, 2.45) is 13.0 Å². The van der Waals surface area contributed by atoms with Crippen LogP contribution in [0.15, 0.2) is 29.9 Å². The number of amides is 1. The van der Waals surface area contributed by atoms with Crippen molar-refractivity contribution in [2.75, 3.05) is 26.0 Å². The fourth-order valence-electron chi connectivity index (χ4n) is 5.48. The molecule has 1 amide bonds. The maximum absolute atomic E-state index is 12.8. The number of hydrogen-bond acceptors (Lipinski definition) is 8. The summed E-state index contributed by atoms with van der Waals surface area (Å²) in [6.07, 6.45) is 7.78. The van der Waals surface area contributed by atoms with E-state index in [2.05, 4.69) is 38.2 Å². The molecule has 1 saturated carbocycles. The van der Waals surface area contributed by atoms with Crippen LogP contribution in [0.2, 0.25) is 0 Å². The number of piperidine rings is 1. The Morgan fingerprint density at radius 3 is 2.75 bits per heavy atom. The van der Waals surface area contributed by atoms with Crippen molar-refractivity contribution >= 4 is 38.2 Å². The number of nitrogens with zero attached hydrogens (tertiary/aromatic N) is 5. The van der Waals surface area contributed by atoms with Crippen molar-refractivity contribution in [1.82, 2.24) is 29.6 Å². The van der Waals surface area contributed by atoms with Crippen LogP contribution in [-0.4, -0.2) is 77.3 Å². The first-order valence-corrected chi connectivity index (χ1v) is 15.1. The number of aryl methyl sites for hydroxylation is 1. The third-order valence-electron chi connectivity index (χ3n) is 7.39. The van der Waals surface area contributed by atoms with Crippen LogP contribution < -0.4 is 4.72 Å². The Morgan fingerprint density at radius 2 is 2.03 bits per heavy atom. The summed E-state index contributed by atoms with van der Waals surface area (Å²) in [5.74, 6) is 0.214. The summed E-state index contributed by atoms with van der Waals surface area (Å²) < 4.78 is 34.9. The number of nitrogens with one attached hydrogen (secondary N) is 1. The molecule has 1 N–H and O–H groups in total. The fourth-order valence-corrected chi connectivity index (χ4v) is 6.85. The van der Waals surface area contributed by atoms with Crippen molar-refractivity contribution in [1.29, 1.82) is 0 Å². The smallest absolute Gasteiger partial charge is 0.284 e. The van der Waals surface area contributed by atoms with E-state index in [0.717, 1.165) is 31.2 Å². The van der Waals surface area contributed by atoms with Crippen LogP contribution in [-0.2, 0) is 21.8 Å². The minimum atomic E-state index is -3.37. The van der Waals surface area contributed by atoms with Crippen LogP contribution >= 0.6 is 11.3 Å². The summed E-state index contributed by atoms with van der Waals surface area (Å²) in [6.45, 7) is 1.30. The molecule has 1 saturated heterocycles. The van der Waals surface area contributed by atoms with E-state index >= 15 is 0 Å². The number of benzene rings is 1. The van der Waals surface area contributed by atoms with E-state index < -0.39 is 10.0 Å². The standard InChI is InChI=1S/C24H32N6O4S2/c1-29-22-8-5-17(11-18(22)12-26-29)16-3-6-20(7-4-16)34-14-19-13-30(24(31)23-27-25-15-35-23)10-9-21(19)28-36(2,32)33/h5,8,11-12,15-16,19-21,28H,3-4,6-7,9-10,13-14H2,1-2H3/t16?,19-,20?,21-/m0/s1. The highest BCUT2D eigenvalue weighted by Crippen LogP contribution is 2.35.